The number of rotatable bonds is 13. The molecule has 0 atom stereocenters. The van der Waals surface area contributed by atoms with E-state index in [1.807, 2.05) is 187 Å². The van der Waals surface area contributed by atoms with Crippen molar-refractivity contribution in [3.05, 3.63) is 281 Å². The molecule has 366 valence electrons. The maximum Gasteiger partial charge on any atom is 0.361 e. The van der Waals surface area contributed by atoms with Gasteiger partial charge in [0.2, 0.25) is 0 Å². The summed E-state index contributed by atoms with van der Waals surface area (Å²) < 4.78 is 27.0. The number of ether oxygens (including phenoxy) is 3. The molecule has 0 bridgehead atoms. The van der Waals surface area contributed by atoms with E-state index in [1.165, 1.54) is 0 Å². The number of pyridine rings is 1. The average molecular weight is 989 g/mol. The second-order valence-electron chi connectivity index (χ2n) is 18.1. The van der Waals surface area contributed by atoms with E-state index in [0.717, 1.165) is 77.9 Å². The minimum Gasteiger partial charge on any atom is -0.494 e. The maximum atomic E-state index is 14.9. The van der Waals surface area contributed by atoms with Crippen LogP contribution in [0.25, 0.3) is 49.3 Å². The van der Waals surface area contributed by atoms with E-state index in [9.17, 15) is 4.79 Å². The van der Waals surface area contributed by atoms with Crippen LogP contribution in [0.4, 0.5) is 17.1 Å². The molecule has 0 unspecified atom stereocenters. The number of aliphatic imine (C=N–C) groups is 3. The van der Waals surface area contributed by atoms with Crippen molar-refractivity contribution in [1.29, 1.82) is 0 Å². The maximum absolute atomic E-state index is 14.9. The number of hydrogen-bond donors (Lipinski definition) is 0. The highest BCUT2D eigenvalue weighted by Crippen LogP contribution is 2.47. The number of aromatic nitrogens is 1. The first kappa shape index (κ1) is 46.9. The summed E-state index contributed by atoms with van der Waals surface area (Å²) in [5.41, 5.74) is 12.2. The molecule has 76 heavy (non-hydrogen) atoms. The summed E-state index contributed by atoms with van der Waals surface area (Å²) in [6.07, 6.45) is 1.92. The Morgan fingerprint density at radius 1 is 0.408 bits per heavy atom. The molecule has 0 aliphatic carbocycles. The molecule has 0 amide bonds. The molecule has 0 N–H and O–H groups in total. The van der Waals surface area contributed by atoms with Crippen LogP contribution >= 0.6 is 0 Å². The van der Waals surface area contributed by atoms with Gasteiger partial charge in [-0.05, 0) is 47.3 Å². The molecule has 12 rings (SSSR count). The topological polar surface area (TPSA) is 99.4 Å². The van der Waals surface area contributed by atoms with Crippen molar-refractivity contribution >= 4 is 72.4 Å². The second-order valence-corrected chi connectivity index (χ2v) is 18.1. The summed E-state index contributed by atoms with van der Waals surface area (Å²) >= 11 is 0. The van der Waals surface area contributed by atoms with E-state index >= 15 is 0 Å². The van der Waals surface area contributed by atoms with Crippen molar-refractivity contribution in [2.24, 2.45) is 15.0 Å². The normalized spacial score (nSPS) is 11.1. The average Bonchev–Trinajstić information content (AvgIpc) is 4.06. The number of methoxy groups -OCH3 is 3. The Bertz CT molecular complexity index is 4150. The fraction of sp³-hybridized carbons (Fsp3) is 0.0448. The molecule has 0 aliphatic heterocycles. The van der Waals surface area contributed by atoms with Gasteiger partial charge >= 0.3 is 5.63 Å². The molecule has 3 heterocycles. The Morgan fingerprint density at radius 2 is 0.803 bits per heavy atom. The highest BCUT2D eigenvalue weighted by Gasteiger charge is 2.26. The fourth-order valence-corrected chi connectivity index (χ4v) is 10.1. The minimum atomic E-state index is -0.526. The van der Waals surface area contributed by atoms with Crippen LogP contribution in [-0.2, 0) is 0 Å². The quantitative estimate of drug-likeness (QED) is 0.0846. The van der Waals surface area contributed by atoms with Crippen LogP contribution < -0.4 is 19.8 Å². The van der Waals surface area contributed by atoms with E-state index in [4.69, 9.17) is 33.6 Å². The lowest BCUT2D eigenvalue weighted by atomic mass is 9.97. The molecular weight excluding hydrogens is 941 g/mol. The van der Waals surface area contributed by atoms with E-state index in [-0.39, 0.29) is 0 Å². The molecule has 0 saturated carbocycles. The zero-order valence-electron chi connectivity index (χ0n) is 41.8. The van der Waals surface area contributed by atoms with Gasteiger partial charge in [0.15, 0.2) is 0 Å². The highest BCUT2D eigenvalue weighted by molar-refractivity contribution is 6.23. The third kappa shape index (κ3) is 8.75. The van der Waals surface area contributed by atoms with Gasteiger partial charge in [0.25, 0.3) is 0 Å². The fourth-order valence-electron chi connectivity index (χ4n) is 10.1. The summed E-state index contributed by atoms with van der Waals surface area (Å²) in [6, 6.07) is 76.3. The van der Waals surface area contributed by atoms with Crippen LogP contribution in [0.5, 0.6) is 17.2 Å². The van der Waals surface area contributed by atoms with Gasteiger partial charge in [-0.3, -0.25) is 0 Å². The van der Waals surface area contributed by atoms with E-state index in [2.05, 4.69) is 48.5 Å². The molecular formula is C67H48N4O5. The Kier molecular flexibility index (Phi) is 12.6. The SMILES string of the molecule is COc1cc(-c2c3c4cc(OC)c(N=C(c5ccccc5)c5ccccc5)cc4oc(=O)c3n3ccc4cc(N=C(c5ccccc5)c5ccccc5)c(OC)cc4c23)ccc1N=C(c1ccccc1)c1ccccc1. The molecule has 0 aliphatic rings. The third-order valence-corrected chi connectivity index (χ3v) is 13.6. The largest absolute Gasteiger partial charge is 0.494 e. The van der Waals surface area contributed by atoms with Gasteiger partial charge in [-0.25, -0.2) is 19.8 Å². The Hall–Kier alpha value is -10.1. The lowest BCUT2D eigenvalue weighted by Gasteiger charge is -2.14. The van der Waals surface area contributed by atoms with Crippen LogP contribution in [-0.4, -0.2) is 42.9 Å². The molecule has 0 saturated heterocycles. The monoisotopic (exact) mass is 988 g/mol. The lowest BCUT2D eigenvalue weighted by Crippen LogP contribution is -2.04. The predicted molar refractivity (Wildman–Crippen MR) is 308 cm³/mol. The Labute approximate surface area is 438 Å². The van der Waals surface area contributed by atoms with Gasteiger partial charge < -0.3 is 23.0 Å². The van der Waals surface area contributed by atoms with Gasteiger partial charge in [-0.15, -0.1) is 0 Å². The molecule has 0 fully saturated rings. The van der Waals surface area contributed by atoms with E-state index in [1.54, 1.807) is 27.4 Å². The smallest absolute Gasteiger partial charge is 0.361 e. The van der Waals surface area contributed by atoms with Gasteiger partial charge in [0.05, 0.1) is 44.0 Å². The molecule has 12 aromatic rings. The summed E-state index contributed by atoms with van der Waals surface area (Å²) in [5.74, 6) is 1.58. The summed E-state index contributed by atoms with van der Waals surface area (Å²) in [5, 5.41) is 3.00. The lowest BCUT2D eigenvalue weighted by molar-refractivity contribution is 0.416. The highest BCUT2D eigenvalue weighted by atomic mass is 16.5. The van der Waals surface area contributed by atoms with Crippen LogP contribution in [0.1, 0.15) is 33.4 Å². The van der Waals surface area contributed by atoms with Gasteiger partial charge in [-0.2, -0.15) is 0 Å². The molecule has 0 spiro atoms. The van der Waals surface area contributed by atoms with Gasteiger partial charge in [-0.1, -0.05) is 188 Å². The number of fused-ring (bicyclic) bond motifs is 7. The Morgan fingerprint density at radius 3 is 1.24 bits per heavy atom. The summed E-state index contributed by atoms with van der Waals surface area (Å²) in [4.78, 5) is 30.8. The van der Waals surface area contributed by atoms with Crippen LogP contribution in [0.2, 0.25) is 0 Å². The molecule has 9 heteroatoms. The predicted octanol–water partition coefficient (Wildman–Crippen LogP) is 15.6. The first-order chi connectivity index (χ1) is 37.5. The minimum absolute atomic E-state index is 0.339. The first-order valence-electron chi connectivity index (χ1n) is 24.9. The Balaban J connectivity index is 1.14. The molecule has 3 aromatic heterocycles. The van der Waals surface area contributed by atoms with Crippen molar-refractivity contribution in [3.8, 4) is 28.4 Å². The first-order valence-corrected chi connectivity index (χ1v) is 24.9. The molecule has 9 aromatic carbocycles. The number of nitrogens with zero attached hydrogens (tertiary/aromatic N) is 4. The second kappa shape index (κ2) is 20.4. The van der Waals surface area contributed by atoms with E-state index in [0.29, 0.717) is 56.2 Å². The van der Waals surface area contributed by atoms with Crippen molar-refractivity contribution in [2.45, 2.75) is 0 Å². The van der Waals surface area contributed by atoms with E-state index < -0.39 is 5.63 Å². The van der Waals surface area contributed by atoms with Crippen LogP contribution in [0.3, 0.4) is 0 Å². The zero-order valence-corrected chi connectivity index (χ0v) is 41.8. The van der Waals surface area contributed by atoms with Crippen LogP contribution in [0, 0.1) is 0 Å². The van der Waals surface area contributed by atoms with Crippen LogP contribution in [0.15, 0.2) is 261 Å². The summed E-state index contributed by atoms with van der Waals surface area (Å²) in [6.45, 7) is 0. The van der Waals surface area contributed by atoms with Crippen molar-refractivity contribution in [3.63, 3.8) is 0 Å². The van der Waals surface area contributed by atoms with Crippen molar-refractivity contribution in [2.75, 3.05) is 21.3 Å². The van der Waals surface area contributed by atoms with Gasteiger partial charge in [0.1, 0.15) is 45.4 Å². The van der Waals surface area contributed by atoms with Crippen molar-refractivity contribution < 1.29 is 18.6 Å². The van der Waals surface area contributed by atoms with Gasteiger partial charge in [0, 0.05) is 67.4 Å². The molecule has 9 nitrogen and oxygen atoms in total. The number of hydrogen-bond acceptors (Lipinski definition) is 8. The third-order valence-electron chi connectivity index (χ3n) is 13.6. The van der Waals surface area contributed by atoms with Crippen molar-refractivity contribution in [1.82, 2.24) is 4.40 Å². The molecule has 0 radical (unpaired) electrons. The summed E-state index contributed by atoms with van der Waals surface area (Å²) in [7, 11) is 4.93. The standard InChI is InChI=1S/C67H48N4O5/c1-73-57-39-50(34-35-53(57)68-62(43-22-10-4-11-23-43)44-24-12-5-13-25-44)60-61-52-41-59(75-3)55(70-64(47-30-18-8-19-31-47)48-32-20-9-21-33-48)42-56(52)76-67(72)66(61)71-37-36-49-38-54(58(74-2)40-51(49)65(60)71)69-63(45-26-14-6-15-27-45)46-28-16-7-17-29-46/h4-42H,1-3H3. The zero-order chi connectivity index (χ0) is 51.5. The number of benzene rings is 9.